The first-order valence-corrected chi connectivity index (χ1v) is 11.6. The van der Waals surface area contributed by atoms with Gasteiger partial charge in [-0.2, -0.15) is 0 Å². The predicted molar refractivity (Wildman–Crippen MR) is 94.5 cm³/mol. The lowest BCUT2D eigenvalue weighted by Gasteiger charge is -2.49. The maximum absolute atomic E-state index is 12.5. The Hall–Kier alpha value is -1.87. The van der Waals surface area contributed by atoms with Crippen LogP contribution in [0.25, 0.3) is 0 Å². The number of carboxylic acid groups (broad SMARTS) is 1. The molecular formula is C17H26N2O6Si. The van der Waals surface area contributed by atoms with E-state index in [1.165, 1.54) is 16.7 Å². The third kappa shape index (κ3) is 2.64. The average Bonchev–Trinajstić information content (AvgIpc) is 2.87. The van der Waals surface area contributed by atoms with Crippen molar-refractivity contribution in [2.75, 3.05) is 13.2 Å². The summed E-state index contributed by atoms with van der Waals surface area (Å²) in [6, 6.07) is -1.04. The highest BCUT2D eigenvalue weighted by molar-refractivity contribution is 6.74. The largest absolute Gasteiger partial charge is 0.486 e. The summed E-state index contributed by atoms with van der Waals surface area (Å²) in [7, 11) is -2.12. The van der Waals surface area contributed by atoms with E-state index >= 15 is 0 Å². The molecular weight excluding hydrogens is 356 g/mol. The first-order valence-electron chi connectivity index (χ1n) is 8.74. The van der Waals surface area contributed by atoms with Gasteiger partial charge in [-0.15, -0.1) is 0 Å². The summed E-state index contributed by atoms with van der Waals surface area (Å²) >= 11 is 0. The van der Waals surface area contributed by atoms with E-state index < -0.39 is 32.5 Å². The molecule has 144 valence electrons. The molecule has 26 heavy (non-hydrogen) atoms. The summed E-state index contributed by atoms with van der Waals surface area (Å²) < 4.78 is 12.0. The zero-order valence-corrected chi connectivity index (χ0v) is 17.0. The van der Waals surface area contributed by atoms with Crippen LogP contribution in [0.15, 0.2) is 11.5 Å². The van der Waals surface area contributed by atoms with Gasteiger partial charge in [-0.05, 0) is 18.1 Å². The number of carbonyl (C=O) groups is 3. The number of carboxylic acids is 1. The normalized spacial score (nSPS) is 27.9. The van der Waals surface area contributed by atoms with Crippen molar-refractivity contribution in [2.24, 2.45) is 0 Å². The fourth-order valence-corrected chi connectivity index (χ4v) is 4.37. The summed E-state index contributed by atoms with van der Waals surface area (Å²) in [5, 5.41) is 9.61. The van der Waals surface area contributed by atoms with E-state index in [1.807, 2.05) is 0 Å². The van der Waals surface area contributed by atoms with E-state index in [4.69, 9.17) is 9.16 Å². The Morgan fingerprint density at radius 2 is 1.96 bits per heavy atom. The van der Waals surface area contributed by atoms with Crippen molar-refractivity contribution in [1.29, 1.82) is 0 Å². The zero-order chi connectivity index (χ0) is 19.6. The van der Waals surface area contributed by atoms with Gasteiger partial charge in [0.15, 0.2) is 19.8 Å². The molecule has 9 heteroatoms. The van der Waals surface area contributed by atoms with Crippen molar-refractivity contribution in [3.63, 3.8) is 0 Å². The molecule has 3 heterocycles. The summed E-state index contributed by atoms with van der Waals surface area (Å²) in [5.74, 6) is -1.62. The van der Waals surface area contributed by atoms with Gasteiger partial charge in [-0.1, -0.05) is 20.8 Å². The number of amides is 2. The second kappa shape index (κ2) is 5.82. The molecule has 3 aliphatic rings. The lowest BCUT2D eigenvalue weighted by molar-refractivity contribution is -0.164. The number of β-lactam (4-membered cyclic amide) rings is 1. The first kappa shape index (κ1) is 18.9. The average molecular weight is 382 g/mol. The minimum atomic E-state index is -2.12. The van der Waals surface area contributed by atoms with E-state index in [2.05, 4.69) is 33.9 Å². The molecule has 0 aromatic heterocycles. The maximum atomic E-state index is 12.5. The molecule has 2 fully saturated rings. The van der Waals surface area contributed by atoms with Gasteiger partial charge in [0.1, 0.15) is 18.2 Å². The van der Waals surface area contributed by atoms with Crippen LogP contribution in [0.4, 0.5) is 0 Å². The molecule has 2 amide bonds. The third-order valence-corrected chi connectivity index (χ3v) is 10.5. The minimum absolute atomic E-state index is 0.00979. The Kier molecular flexibility index (Phi) is 4.23. The van der Waals surface area contributed by atoms with Crippen LogP contribution in [-0.2, 0) is 23.5 Å². The van der Waals surface area contributed by atoms with Crippen molar-refractivity contribution in [3.8, 4) is 0 Å². The summed E-state index contributed by atoms with van der Waals surface area (Å²) in [5.41, 5.74) is -0.156. The molecule has 8 nitrogen and oxygen atoms in total. The minimum Gasteiger partial charge on any atom is -0.486 e. The van der Waals surface area contributed by atoms with Crippen molar-refractivity contribution in [1.82, 2.24) is 9.80 Å². The Morgan fingerprint density at radius 1 is 1.35 bits per heavy atom. The van der Waals surface area contributed by atoms with Crippen LogP contribution in [0.2, 0.25) is 18.1 Å². The quantitative estimate of drug-likeness (QED) is 0.579. The number of aliphatic carboxylic acids is 1. The fraction of sp³-hybridized carbons (Fsp3) is 0.706. The predicted octanol–water partition coefficient (Wildman–Crippen LogP) is 1.14. The molecule has 0 saturated carbocycles. The smallest absolute Gasteiger partial charge is 0.356 e. The van der Waals surface area contributed by atoms with Crippen molar-refractivity contribution in [3.05, 3.63) is 11.5 Å². The molecule has 0 radical (unpaired) electrons. The molecule has 3 atom stereocenters. The van der Waals surface area contributed by atoms with Crippen LogP contribution < -0.4 is 0 Å². The maximum Gasteiger partial charge on any atom is 0.356 e. The van der Waals surface area contributed by atoms with E-state index in [0.29, 0.717) is 0 Å². The third-order valence-electron chi connectivity index (χ3n) is 5.98. The van der Waals surface area contributed by atoms with Gasteiger partial charge in [0.05, 0.1) is 13.2 Å². The van der Waals surface area contributed by atoms with Crippen LogP contribution in [0.3, 0.4) is 0 Å². The van der Waals surface area contributed by atoms with Crippen LogP contribution in [0.5, 0.6) is 0 Å². The van der Waals surface area contributed by atoms with Crippen molar-refractivity contribution < 1.29 is 28.7 Å². The number of hydrogen-bond acceptors (Lipinski definition) is 5. The van der Waals surface area contributed by atoms with Crippen LogP contribution >= 0.6 is 0 Å². The van der Waals surface area contributed by atoms with Gasteiger partial charge in [-0.25, -0.2) is 4.79 Å². The van der Waals surface area contributed by atoms with E-state index in [9.17, 15) is 19.5 Å². The number of likely N-dealkylation sites (tertiary alicyclic amines) is 1. The zero-order valence-electron chi connectivity index (χ0n) is 16.0. The highest BCUT2D eigenvalue weighted by atomic mass is 28.4. The summed E-state index contributed by atoms with van der Waals surface area (Å²) in [4.78, 5) is 38.9. The molecule has 0 aromatic rings. The number of ether oxygens (including phenoxy) is 1. The molecule has 0 aromatic carbocycles. The standard InChI is InChI=1S/C17H26N2O6Si/c1-9(20)18-7-10-12-14(18)15(21)19(12)13(16(22)23)11(25-10)8-24-26(5,6)17(2,3)4/h10,12,14H,7-8H2,1-6H3,(H,22,23)/t10-,12-,14+/m1/s1. The topological polar surface area (TPSA) is 96.4 Å². The molecule has 1 N–H and O–H groups in total. The monoisotopic (exact) mass is 382 g/mol. The Balaban J connectivity index is 1.88. The lowest BCUT2D eigenvalue weighted by atomic mass is 9.91. The molecule has 2 saturated heterocycles. The van der Waals surface area contributed by atoms with Crippen LogP contribution in [-0.4, -0.2) is 72.3 Å². The van der Waals surface area contributed by atoms with Gasteiger partial charge in [0.2, 0.25) is 5.91 Å². The number of hydrogen-bond donors (Lipinski definition) is 1. The Labute approximate surface area is 153 Å². The van der Waals surface area contributed by atoms with E-state index in [-0.39, 0.29) is 41.5 Å². The molecule has 3 rings (SSSR count). The van der Waals surface area contributed by atoms with Gasteiger partial charge in [-0.3, -0.25) is 14.5 Å². The highest BCUT2D eigenvalue weighted by Gasteiger charge is 2.65. The molecule has 0 unspecified atom stereocenters. The van der Waals surface area contributed by atoms with E-state index in [1.54, 1.807) is 0 Å². The number of carbonyl (C=O) groups excluding carboxylic acids is 2. The van der Waals surface area contributed by atoms with E-state index in [0.717, 1.165) is 0 Å². The van der Waals surface area contributed by atoms with Gasteiger partial charge < -0.3 is 19.2 Å². The second-order valence-electron chi connectivity index (χ2n) is 8.60. The first-order chi connectivity index (χ1) is 11.9. The Morgan fingerprint density at radius 3 is 2.46 bits per heavy atom. The summed E-state index contributed by atoms with van der Waals surface area (Å²) in [6.45, 7) is 12.1. The van der Waals surface area contributed by atoms with Crippen LogP contribution in [0.1, 0.15) is 27.7 Å². The summed E-state index contributed by atoms with van der Waals surface area (Å²) in [6.07, 6.45) is -0.414. The fourth-order valence-electron chi connectivity index (χ4n) is 3.45. The van der Waals surface area contributed by atoms with Crippen molar-refractivity contribution in [2.45, 2.75) is 64.0 Å². The highest BCUT2D eigenvalue weighted by Crippen LogP contribution is 2.44. The number of nitrogens with zero attached hydrogens (tertiary/aromatic N) is 2. The molecule has 0 bridgehead atoms. The van der Waals surface area contributed by atoms with Crippen LogP contribution in [0, 0.1) is 0 Å². The van der Waals surface area contributed by atoms with Gasteiger partial charge >= 0.3 is 5.97 Å². The number of rotatable bonds is 4. The Bertz CT molecular complexity index is 711. The molecule has 0 spiro atoms. The molecule has 0 aliphatic carbocycles. The molecule has 3 aliphatic heterocycles. The van der Waals surface area contributed by atoms with Gasteiger partial charge in [0, 0.05) is 6.92 Å². The van der Waals surface area contributed by atoms with Gasteiger partial charge in [0.25, 0.3) is 5.91 Å². The SMILES string of the molecule is CC(=O)N1C[C@H]2OC(CO[Si](C)(C)C(C)(C)C)=C(C(=O)O)N3C(=O)[C@@H]1[C@@H]23. The lowest BCUT2D eigenvalue weighted by Crippen LogP contribution is -2.70. The second-order valence-corrected chi connectivity index (χ2v) is 13.4. The van der Waals surface area contributed by atoms with Crippen molar-refractivity contribution >= 4 is 26.1 Å².